The first-order chi connectivity index (χ1) is 10.7. The summed E-state index contributed by atoms with van der Waals surface area (Å²) >= 11 is 0. The van der Waals surface area contributed by atoms with Crippen LogP contribution in [0.3, 0.4) is 0 Å². The van der Waals surface area contributed by atoms with Crippen LogP contribution in [0, 0.1) is 6.92 Å². The van der Waals surface area contributed by atoms with Crippen LogP contribution in [-0.4, -0.2) is 21.1 Å². The van der Waals surface area contributed by atoms with E-state index in [2.05, 4.69) is 20.5 Å². The van der Waals surface area contributed by atoms with Crippen LogP contribution < -0.4 is 5.32 Å². The third-order valence-corrected chi connectivity index (χ3v) is 3.11. The molecule has 0 saturated heterocycles. The highest BCUT2D eigenvalue weighted by atomic mass is 16.4. The number of hydrogen-bond acceptors (Lipinski definition) is 5. The van der Waals surface area contributed by atoms with Gasteiger partial charge in [-0.1, -0.05) is 17.7 Å². The van der Waals surface area contributed by atoms with Crippen molar-refractivity contribution >= 4 is 5.91 Å². The summed E-state index contributed by atoms with van der Waals surface area (Å²) in [5.41, 5.74) is 2.49. The molecule has 110 valence electrons. The van der Waals surface area contributed by atoms with E-state index in [0.29, 0.717) is 17.3 Å². The molecule has 2 heterocycles. The fraction of sp³-hybridized carbons (Fsp3) is 0.125. The first-order valence-corrected chi connectivity index (χ1v) is 6.80. The van der Waals surface area contributed by atoms with E-state index in [4.69, 9.17) is 4.42 Å². The maximum absolute atomic E-state index is 12.0. The van der Waals surface area contributed by atoms with Gasteiger partial charge in [0.15, 0.2) is 0 Å². The molecule has 1 N–H and O–H groups in total. The molecule has 0 spiro atoms. The standard InChI is InChI=1S/C16H14N4O2/c1-11-2-4-12(5-3-11)15(21)18-10-14-19-20-16(22-14)13-6-8-17-9-7-13/h2-9H,10H2,1H3,(H,18,21). The molecule has 6 nitrogen and oxygen atoms in total. The van der Waals surface area contributed by atoms with E-state index in [1.807, 2.05) is 19.1 Å². The van der Waals surface area contributed by atoms with Gasteiger partial charge >= 0.3 is 0 Å². The minimum Gasteiger partial charge on any atom is -0.419 e. The number of carbonyl (C=O) groups is 1. The molecule has 0 fully saturated rings. The summed E-state index contributed by atoms with van der Waals surface area (Å²) in [5, 5.41) is 10.6. The highest BCUT2D eigenvalue weighted by molar-refractivity contribution is 5.94. The van der Waals surface area contributed by atoms with Crippen LogP contribution in [0.15, 0.2) is 53.2 Å². The molecule has 2 aromatic heterocycles. The quantitative estimate of drug-likeness (QED) is 0.799. The summed E-state index contributed by atoms with van der Waals surface area (Å²) in [7, 11) is 0. The second-order valence-corrected chi connectivity index (χ2v) is 4.79. The molecule has 0 aliphatic rings. The third kappa shape index (κ3) is 3.17. The number of carbonyl (C=O) groups excluding carboxylic acids is 1. The Bertz CT molecular complexity index is 766. The lowest BCUT2D eigenvalue weighted by atomic mass is 10.1. The minimum atomic E-state index is -0.177. The molecule has 6 heteroatoms. The fourth-order valence-electron chi connectivity index (χ4n) is 1.90. The summed E-state index contributed by atoms with van der Waals surface area (Å²) in [6, 6.07) is 10.9. The highest BCUT2D eigenvalue weighted by Crippen LogP contribution is 2.16. The summed E-state index contributed by atoms with van der Waals surface area (Å²) in [6.45, 7) is 2.16. The van der Waals surface area contributed by atoms with Gasteiger partial charge in [0.05, 0.1) is 6.54 Å². The number of hydrogen-bond donors (Lipinski definition) is 1. The molecular weight excluding hydrogens is 280 g/mol. The van der Waals surface area contributed by atoms with Crippen molar-refractivity contribution in [2.75, 3.05) is 0 Å². The van der Waals surface area contributed by atoms with Crippen LogP contribution in [0.5, 0.6) is 0 Å². The number of nitrogens with zero attached hydrogens (tertiary/aromatic N) is 3. The molecule has 0 saturated carbocycles. The molecule has 22 heavy (non-hydrogen) atoms. The summed E-state index contributed by atoms with van der Waals surface area (Å²) in [6.07, 6.45) is 3.30. The Morgan fingerprint density at radius 1 is 1.09 bits per heavy atom. The Morgan fingerprint density at radius 2 is 1.82 bits per heavy atom. The number of aryl methyl sites for hydroxylation is 1. The maximum Gasteiger partial charge on any atom is 0.251 e. The van der Waals surface area contributed by atoms with Crippen LogP contribution in [0.4, 0.5) is 0 Å². The lowest BCUT2D eigenvalue weighted by molar-refractivity contribution is 0.0947. The van der Waals surface area contributed by atoms with Crippen molar-refractivity contribution in [3.63, 3.8) is 0 Å². The molecule has 0 atom stereocenters. The average Bonchev–Trinajstić information content (AvgIpc) is 3.03. The monoisotopic (exact) mass is 294 g/mol. The SMILES string of the molecule is Cc1ccc(C(=O)NCc2nnc(-c3ccncc3)o2)cc1. The van der Waals surface area contributed by atoms with Gasteiger partial charge in [0, 0.05) is 23.5 Å². The van der Waals surface area contributed by atoms with Gasteiger partial charge in [-0.05, 0) is 31.2 Å². The number of nitrogens with one attached hydrogen (secondary N) is 1. The molecular formula is C16H14N4O2. The predicted octanol–water partition coefficient (Wildman–Crippen LogP) is 2.37. The number of pyridine rings is 1. The summed E-state index contributed by atoms with van der Waals surface area (Å²) in [4.78, 5) is 15.9. The van der Waals surface area contributed by atoms with E-state index >= 15 is 0 Å². The Hall–Kier alpha value is -3.02. The molecule has 1 amide bonds. The number of rotatable bonds is 4. The third-order valence-electron chi connectivity index (χ3n) is 3.11. The van der Waals surface area contributed by atoms with Gasteiger partial charge in [-0.2, -0.15) is 0 Å². The van der Waals surface area contributed by atoms with Crippen LogP contribution in [0.1, 0.15) is 21.8 Å². The fourth-order valence-corrected chi connectivity index (χ4v) is 1.90. The maximum atomic E-state index is 12.0. The van der Waals surface area contributed by atoms with Gasteiger partial charge in [0.2, 0.25) is 11.8 Å². The van der Waals surface area contributed by atoms with Crippen molar-refractivity contribution in [3.8, 4) is 11.5 Å². The second kappa shape index (κ2) is 6.17. The Labute approximate surface area is 127 Å². The average molecular weight is 294 g/mol. The topological polar surface area (TPSA) is 80.9 Å². The van der Waals surface area contributed by atoms with E-state index < -0.39 is 0 Å². The molecule has 1 aromatic carbocycles. The molecule has 0 aliphatic heterocycles. The summed E-state index contributed by atoms with van der Waals surface area (Å²) in [5.74, 6) is 0.581. The van der Waals surface area contributed by atoms with E-state index in [-0.39, 0.29) is 12.5 Å². The van der Waals surface area contributed by atoms with Gasteiger partial charge < -0.3 is 9.73 Å². The van der Waals surface area contributed by atoms with Crippen LogP contribution in [0.25, 0.3) is 11.5 Å². The first-order valence-electron chi connectivity index (χ1n) is 6.80. The lowest BCUT2D eigenvalue weighted by Gasteiger charge is -2.02. The van der Waals surface area contributed by atoms with Gasteiger partial charge in [-0.15, -0.1) is 10.2 Å². The van der Waals surface area contributed by atoms with Crippen LogP contribution in [-0.2, 0) is 6.54 Å². The van der Waals surface area contributed by atoms with E-state index in [0.717, 1.165) is 11.1 Å². The van der Waals surface area contributed by atoms with Gasteiger partial charge in [0.1, 0.15) is 0 Å². The molecule has 0 radical (unpaired) electrons. The van der Waals surface area contributed by atoms with Crippen molar-refractivity contribution in [2.45, 2.75) is 13.5 Å². The van der Waals surface area contributed by atoms with Crippen molar-refractivity contribution in [1.29, 1.82) is 0 Å². The van der Waals surface area contributed by atoms with Crippen molar-refractivity contribution in [3.05, 3.63) is 65.8 Å². The molecule has 3 aromatic rings. The molecule has 0 aliphatic carbocycles. The molecule has 0 unspecified atom stereocenters. The molecule has 0 bridgehead atoms. The van der Waals surface area contributed by atoms with Crippen molar-refractivity contribution < 1.29 is 9.21 Å². The van der Waals surface area contributed by atoms with Crippen molar-refractivity contribution in [1.82, 2.24) is 20.5 Å². The van der Waals surface area contributed by atoms with Crippen LogP contribution in [0.2, 0.25) is 0 Å². The smallest absolute Gasteiger partial charge is 0.251 e. The highest BCUT2D eigenvalue weighted by Gasteiger charge is 2.10. The Balaban J connectivity index is 1.64. The lowest BCUT2D eigenvalue weighted by Crippen LogP contribution is -2.22. The number of aromatic nitrogens is 3. The number of benzene rings is 1. The van der Waals surface area contributed by atoms with Crippen molar-refractivity contribution in [2.24, 2.45) is 0 Å². The Kier molecular flexibility index (Phi) is 3.91. The predicted molar refractivity (Wildman–Crippen MR) is 79.9 cm³/mol. The minimum absolute atomic E-state index is 0.177. The second-order valence-electron chi connectivity index (χ2n) is 4.79. The van der Waals surface area contributed by atoms with E-state index in [9.17, 15) is 4.79 Å². The zero-order valence-electron chi connectivity index (χ0n) is 12.0. The van der Waals surface area contributed by atoms with Gasteiger partial charge in [0.25, 0.3) is 5.91 Å². The normalized spacial score (nSPS) is 10.4. The zero-order valence-corrected chi connectivity index (χ0v) is 12.0. The van der Waals surface area contributed by atoms with Crippen LogP contribution >= 0.6 is 0 Å². The molecule has 3 rings (SSSR count). The Morgan fingerprint density at radius 3 is 2.55 bits per heavy atom. The largest absolute Gasteiger partial charge is 0.419 e. The first kappa shape index (κ1) is 13.9. The van der Waals surface area contributed by atoms with Gasteiger partial charge in [-0.3, -0.25) is 9.78 Å². The van der Waals surface area contributed by atoms with Gasteiger partial charge in [-0.25, -0.2) is 0 Å². The van der Waals surface area contributed by atoms with E-state index in [1.54, 1.807) is 36.7 Å². The summed E-state index contributed by atoms with van der Waals surface area (Å²) < 4.78 is 5.51. The van der Waals surface area contributed by atoms with E-state index in [1.165, 1.54) is 0 Å². The number of amides is 1. The zero-order chi connectivity index (χ0) is 15.4.